The summed E-state index contributed by atoms with van der Waals surface area (Å²) in [5.41, 5.74) is 7.76. The Kier molecular flexibility index (Phi) is 8.82. The highest BCUT2D eigenvalue weighted by Crippen LogP contribution is 2.31. The van der Waals surface area contributed by atoms with Crippen LogP contribution in [0.1, 0.15) is 48.9 Å². The Morgan fingerprint density at radius 1 is 1.08 bits per heavy atom. The second-order valence-electron chi connectivity index (χ2n) is 9.56. The number of amidine groups is 1. The Hall–Kier alpha value is -3.72. The Morgan fingerprint density at radius 2 is 1.69 bits per heavy atom. The molecule has 0 bridgehead atoms. The topological polar surface area (TPSA) is 157 Å². The van der Waals surface area contributed by atoms with Gasteiger partial charge in [-0.05, 0) is 29.0 Å². The number of carbonyl (C=O) groups excluding carboxylic acids is 2. The first-order chi connectivity index (χ1) is 17.1. The third kappa shape index (κ3) is 6.69. The summed E-state index contributed by atoms with van der Waals surface area (Å²) in [7, 11) is 0. The third-order valence-electron chi connectivity index (χ3n) is 6.77. The van der Waals surface area contributed by atoms with Crippen molar-refractivity contribution in [1.29, 1.82) is 5.41 Å². The van der Waals surface area contributed by atoms with Gasteiger partial charge in [-0.15, -0.1) is 0 Å². The molecule has 0 fully saturated rings. The molecule has 0 spiro atoms. The lowest BCUT2D eigenvalue weighted by molar-refractivity contribution is -0.137. The van der Waals surface area contributed by atoms with Crippen LogP contribution in [-0.2, 0) is 33.8 Å². The van der Waals surface area contributed by atoms with Gasteiger partial charge in [0.1, 0.15) is 11.4 Å². The number of carboxylic acid groups (broad SMARTS) is 1. The zero-order chi connectivity index (χ0) is 26.3. The maximum atomic E-state index is 13.6. The van der Waals surface area contributed by atoms with Crippen LogP contribution in [0.5, 0.6) is 0 Å². The summed E-state index contributed by atoms with van der Waals surface area (Å²) in [6.45, 7) is 3.93. The quantitative estimate of drug-likeness (QED) is 0.195. The van der Waals surface area contributed by atoms with Crippen LogP contribution in [0.25, 0.3) is 0 Å². The van der Waals surface area contributed by atoms with E-state index >= 15 is 0 Å². The number of rotatable bonds is 12. The molecule has 0 saturated carbocycles. The van der Waals surface area contributed by atoms with Crippen LogP contribution in [0.3, 0.4) is 0 Å². The van der Waals surface area contributed by atoms with E-state index in [-0.39, 0.29) is 36.7 Å². The first-order valence-electron chi connectivity index (χ1n) is 12.2. The van der Waals surface area contributed by atoms with E-state index < -0.39 is 17.6 Å². The van der Waals surface area contributed by atoms with Gasteiger partial charge in [0.15, 0.2) is 0 Å². The molecule has 9 heteroatoms. The van der Waals surface area contributed by atoms with Gasteiger partial charge >= 0.3 is 5.97 Å². The number of hydrogen-bond acceptors (Lipinski definition) is 5. The van der Waals surface area contributed by atoms with Gasteiger partial charge in [-0.25, -0.2) is 0 Å². The minimum absolute atomic E-state index is 0.0283. The number of fused-ring (bicyclic) bond motifs is 1. The van der Waals surface area contributed by atoms with Crippen molar-refractivity contribution >= 4 is 23.6 Å². The van der Waals surface area contributed by atoms with Gasteiger partial charge in [0.25, 0.3) is 0 Å². The van der Waals surface area contributed by atoms with Crippen LogP contribution < -0.4 is 21.7 Å². The van der Waals surface area contributed by atoms with E-state index in [1.165, 1.54) is 0 Å². The number of nitrogens with two attached hydrogens (primary N) is 1. The van der Waals surface area contributed by atoms with Gasteiger partial charge in [0, 0.05) is 24.9 Å². The first-order valence-corrected chi connectivity index (χ1v) is 12.2. The standard InChI is InChI=1S/C27H35N5O4/c1-3-17(2)12-22(30-16-23(33)34)25(35)32-27(13-20-6-4-5-7-21(20)14-27)26(36)31-15-18-8-10-19(11-9-18)24(28)29/h4-11,17,22,30H,3,12-16H2,1-2H3,(H3,28,29)(H,31,36)(H,32,35)(H,33,34)/t17?,22-/m1/s1. The molecule has 1 unspecified atom stereocenters. The van der Waals surface area contributed by atoms with Gasteiger partial charge in [0.2, 0.25) is 11.8 Å². The Labute approximate surface area is 211 Å². The van der Waals surface area contributed by atoms with Crippen molar-refractivity contribution in [1.82, 2.24) is 16.0 Å². The van der Waals surface area contributed by atoms with Crippen LogP contribution in [0.4, 0.5) is 0 Å². The lowest BCUT2D eigenvalue weighted by Crippen LogP contribution is -2.62. The smallest absolute Gasteiger partial charge is 0.317 e. The molecule has 0 aliphatic heterocycles. The molecule has 2 amide bonds. The van der Waals surface area contributed by atoms with Gasteiger partial charge in [-0.3, -0.25) is 25.1 Å². The van der Waals surface area contributed by atoms with Crippen molar-refractivity contribution in [3.63, 3.8) is 0 Å². The van der Waals surface area contributed by atoms with Gasteiger partial charge in [-0.2, -0.15) is 0 Å². The summed E-state index contributed by atoms with van der Waals surface area (Å²) in [5, 5.41) is 25.4. The molecule has 3 rings (SSSR count). The van der Waals surface area contributed by atoms with Crippen LogP contribution in [-0.4, -0.2) is 46.9 Å². The number of aliphatic carboxylic acids is 1. The second-order valence-corrected chi connectivity index (χ2v) is 9.56. The monoisotopic (exact) mass is 493 g/mol. The predicted octanol–water partition coefficient (Wildman–Crippen LogP) is 1.72. The largest absolute Gasteiger partial charge is 0.480 e. The van der Waals surface area contributed by atoms with Crippen molar-refractivity contribution in [2.75, 3.05) is 6.54 Å². The number of nitrogens with one attached hydrogen (secondary N) is 4. The number of hydrogen-bond donors (Lipinski definition) is 6. The molecular weight excluding hydrogens is 458 g/mol. The molecular formula is C27H35N5O4. The second kappa shape index (κ2) is 11.8. The van der Waals surface area contributed by atoms with Crippen molar-refractivity contribution in [2.24, 2.45) is 11.7 Å². The van der Waals surface area contributed by atoms with E-state index in [2.05, 4.69) is 16.0 Å². The van der Waals surface area contributed by atoms with E-state index in [0.29, 0.717) is 24.8 Å². The lowest BCUT2D eigenvalue weighted by Gasteiger charge is -2.32. The predicted molar refractivity (Wildman–Crippen MR) is 138 cm³/mol. The highest BCUT2D eigenvalue weighted by Gasteiger charge is 2.45. The Bertz CT molecular complexity index is 1090. The molecule has 1 aliphatic carbocycles. The Morgan fingerprint density at radius 3 is 2.22 bits per heavy atom. The van der Waals surface area contributed by atoms with Crippen molar-refractivity contribution in [3.05, 3.63) is 70.8 Å². The van der Waals surface area contributed by atoms with Crippen LogP contribution >= 0.6 is 0 Å². The van der Waals surface area contributed by atoms with Gasteiger partial charge in [0.05, 0.1) is 12.6 Å². The van der Waals surface area contributed by atoms with Crippen LogP contribution in [0.15, 0.2) is 48.5 Å². The fraction of sp³-hybridized carbons (Fsp3) is 0.407. The first kappa shape index (κ1) is 26.9. The zero-order valence-corrected chi connectivity index (χ0v) is 20.8. The number of amides is 2. The maximum Gasteiger partial charge on any atom is 0.317 e. The average molecular weight is 494 g/mol. The van der Waals surface area contributed by atoms with Crippen molar-refractivity contribution in [2.45, 2.75) is 57.7 Å². The molecule has 7 N–H and O–H groups in total. The molecule has 1 aliphatic rings. The fourth-order valence-corrected chi connectivity index (χ4v) is 4.46. The molecule has 2 aromatic carbocycles. The summed E-state index contributed by atoms with van der Waals surface area (Å²) in [6.07, 6.45) is 2.00. The molecule has 36 heavy (non-hydrogen) atoms. The van der Waals surface area contributed by atoms with Crippen molar-refractivity contribution in [3.8, 4) is 0 Å². The number of carboxylic acids is 1. The van der Waals surface area contributed by atoms with E-state index in [1.807, 2.05) is 38.1 Å². The van der Waals surface area contributed by atoms with Crippen LogP contribution in [0.2, 0.25) is 0 Å². The van der Waals surface area contributed by atoms with E-state index in [4.69, 9.17) is 16.2 Å². The molecule has 0 aromatic heterocycles. The fourth-order valence-electron chi connectivity index (χ4n) is 4.46. The summed E-state index contributed by atoms with van der Waals surface area (Å²) in [6, 6.07) is 14.0. The number of benzene rings is 2. The molecule has 2 aromatic rings. The molecule has 2 atom stereocenters. The number of nitrogen functional groups attached to an aromatic ring is 1. The lowest BCUT2D eigenvalue weighted by atomic mass is 9.92. The normalized spacial score (nSPS) is 15.4. The molecule has 9 nitrogen and oxygen atoms in total. The average Bonchev–Trinajstić information content (AvgIpc) is 3.24. The van der Waals surface area contributed by atoms with E-state index in [9.17, 15) is 14.4 Å². The summed E-state index contributed by atoms with van der Waals surface area (Å²) in [4.78, 5) is 38.2. The minimum atomic E-state index is -1.18. The molecule has 0 radical (unpaired) electrons. The summed E-state index contributed by atoms with van der Waals surface area (Å²) >= 11 is 0. The van der Waals surface area contributed by atoms with E-state index in [1.54, 1.807) is 24.3 Å². The number of carbonyl (C=O) groups is 3. The Balaban J connectivity index is 1.79. The highest BCUT2D eigenvalue weighted by molar-refractivity contribution is 5.95. The summed E-state index contributed by atoms with van der Waals surface area (Å²) in [5.74, 6) is -1.56. The SMILES string of the molecule is CCC(C)C[C@@H](NCC(=O)O)C(=O)NC1(C(=O)NCc2ccc(C(=N)N)cc2)Cc2ccccc2C1. The van der Waals surface area contributed by atoms with Gasteiger partial charge < -0.3 is 21.5 Å². The molecule has 0 heterocycles. The zero-order valence-electron chi connectivity index (χ0n) is 20.8. The third-order valence-corrected chi connectivity index (χ3v) is 6.77. The molecule has 0 saturated heterocycles. The van der Waals surface area contributed by atoms with E-state index in [0.717, 1.165) is 23.1 Å². The minimum Gasteiger partial charge on any atom is -0.480 e. The highest BCUT2D eigenvalue weighted by atomic mass is 16.4. The molecule has 192 valence electrons. The van der Waals surface area contributed by atoms with Gasteiger partial charge in [-0.1, -0.05) is 68.8 Å². The van der Waals surface area contributed by atoms with Crippen LogP contribution in [0, 0.1) is 11.3 Å². The summed E-state index contributed by atoms with van der Waals surface area (Å²) < 4.78 is 0. The van der Waals surface area contributed by atoms with Crippen molar-refractivity contribution < 1.29 is 19.5 Å². The maximum absolute atomic E-state index is 13.6.